The van der Waals surface area contributed by atoms with Crippen LogP contribution in [0, 0.1) is 11.8 Å². The van der Waals surface area contributed by atoms with Crippen molar-refractivity contribution in [3.05, 3.63) is 0 Å². The van der Waals surface area contributed by atoms with Gasteiger partial charge in [0.25, 0.3) is 0 Å². The van der Waals surface area contributed by atoms with E-state index >= 15 is 0 Å². The fourth-order valence-electron chi connectivity index (χ4n) is 4.53. The molecule has 0 aromatic rings. The molecule has 2 aliphatic heterocycles. The molecule has 4 fully saturated rings. The molecule has 2 saturated heterocycles. The fourth-order valence-corrected chi connectivity index (χ4v) is 4.53. The van der Waals surface area contributed by atoms with Crippen LogP contribution in [0.4, 0.5) is 0 Å². The molecule has 0 unspecified atom stereocenters. The number of ether oxygens (including phenoxy) is 1. The maximum atomic E-state index is 12.5. The van der Waals surface area contributed by atoms with Gasteiger partial charge < -0.3 is 15.0 Å². The van der Waals surface area contributed by atoms with Crippen molar-refractivity contribution in [1.29, 1.82) is 0 Å². The Morgan fingerprint density at radius 3 is 2.42 bits per heavy atom. The number of amides is 2. The number of hydrogen-bond acceptors (Lipinski definition) is 4. The lowest BCUT2D eigenvalue weighted by Crippen LogP contribution is -2.73. The molecule has 4 aliphatic rings. The largest absolute Gasteiger partial charge is 0.368 e. The van der Waals surface area contributed by atoms with Crippen molar-refractivity contribution in [2.75, 3.05) is 33.3 Å². The maximum absolute atomic E-state index is 12.5. The van der Waals surface area contributed by atoms with Crippen LogP contribution in [-0.4, -0.2) is 72.6 Å². The van der Waals surface area contributed by atoms with Gasteiger partial charge in [-0.05, 0) is 32.2 Å². The number of morpholine rings is 1. The van der Waals surface area contributed by atoms with Crippen LogP contribution in [0.2, 0.25) is 0 Å². The molecule has 4 rings (SSSR count). The van der Waals surface area contributed by atoms with E-state index in [2.05, 4.69) is 17.1 Å². The number of likely N-dealkylation sites (N-methyl/N-ethyl adjacent to an activating group) is 1. The van der Waals surface area contributed by atoms with Crippen LogP contribution in [0.5, 0.6) is 0 Å². The van der Waals surface area contributed by atoms with Crippen molar-refractivity contribution < 1.29 is 14.3 Å². The topological polar surface area (TPSA) is 61.9 Å². The summed E-state index contributed by atoms with van der Waals surface area (Å²) in [5.74, 6) is 1.18. The quantitative estimate of drug-likeness (QED) is 0.821. The molecule has 2 amide bonds. The molecule has 6 nitrogen and oxygen atoms in total. The van der Waals surface area contributed by atoms with Gasteiger partial charge in [-0.25, -0.2) is 0 Å². The highest BCUT2D eigenvalue weighted by Gasteiger charge is 2.54. The van der Waals surface area contributed by atoms with Crippen molar-refractivity contribution in [2.45, 2.75) is 56.7 Å². The van der Waals surface area contributed by atoms with Crippen LogP contribution in [0.3, 0.4) is 0 Å². The molecular weight excluding hydrogens is 306 g/mol. The molecule has 3 atom stereocenters. The van der Waals surface area contributed by atoms with Gasteiger partial charge in [0.1, 0.15) is 11.6 Å². The maximum Gasteiger partial charge on any atom is 0.239 e. The second-order valence-electron chi connectivity index (χ2n) is 8.43. The molecule has 0 bridgehead atoms. The number of nitrogens with one attached hydrogen (secondary N) is 1. The van der Waals surface area contributed by atoms with E-state index in [0.717, 1.165) is 25.8 Å². The monoisotopic (exact) mass is 335 g/mol. The van der Waals surface area contributed by atoms with E-state index in [1.807, 2.05) is 11.9 Å². The van der Waals surface area contributed by atoms with E-state index in [9.17, 15) is 9.59 Å². The summed E-state index contributed by atoms with van der Waals surface area (Å²) in [6.07, 6.45) is 5.67. The van der Waals surface area contributed by atoms with Gasteiger partial charge in [0.05, 0.1) is 19.7 Å². The van der Waals surface area contributed by atoms with Gasteiger partial charge >= 0.3 is 0 Å². The van der Waals surface area contributed by atoms with Crippen LogP contribution >= 0.6 is 0 Å². The Morgan fingerprint density at radius 2 is 1.83 bits per heavy atom. The predicted molar refractivity (Wildman–Crippen MR) is 89.4 cm³/mol. The number of likely N-dealkylation sites (tertiary alicyclic amines) is 1. The first-order valence-electron chi connectivity index (χ1n) is 9.41. The number of rotatable bonds is 3. The Hall–Kier alpha value is -1.14. The van der Waals surface area contributed by atoms with Crippen LogP contribution in [0.25, 0.3) is 0 Å². The summed E-state index contributed by atoms with van der Waals surface area (Å²) in [5.41, 5.74) is -0.257. The standard InChI is InChI=1S/C18H29N3O3/c1-12-7-14(12)17(23)21-10-18(11-21)9-20(2)15(8-24-18)16(22)19-13-5-3-4-6-13/h12-15H,3-11H2,1-2H3,(H,19,22)/t12-,14-,15-/m1/s1. The molecule has 0 aromatic heterocycles. The second-order valence-corrected chi connectivity index (χ2v) is 8.43. The Kier molecular flexibility index (Phi) is 4.07. The van der Waals surface area contributed by atoms with Crippen molar-refractivity contribution in [1.82, 2.24) is 15.1 Å². The Morgan fingerprint density at radius 1 is 1.17 bits per heavy atom. The van der Waals surface area contributed by atoms with Crippen LogP contribution in [-0.2, 0) is 14.3 Å². The molecule has 2 heterocycles. The minimum atomic E-state index is -0.257. The molecule has 6 heteroatoms. The number of nitrogens with zero attached hydrogens (tertiary/aromatic N) is 2. The van der Waals surface area contributed by atoms with E-state index in [4.69, 9.17) is 4.74 Å². The van der Waals surface area contributed by atoms with Gasteiger partial charge in [0.2, 0.25) is 11.8 Å². The highest BCUT2D eigenvalue weighted by atomic mass is 16.5. The molecule has 2 aliphatic carbocycles. The van der Waals surface area contributed by atoms with E-state index < -0.39 is 0 Å². The summed E-state index contributed by atoms with van der Waals surface area (Å²) < 4.78 is 6.08. The third-order valence-corrected chi connectivity index (χ3v) is 6.32. The summed E-state index contributed by atoms with van der Waals surface area (Å²) in [6.45, 7) is 4.64. The van der Waals surface area contributed by atoms with Gasteiger partial charge in [-0.1, -0.05) is 19.8 Å². The smallest absolute Gasteiger partial charge is 0.239 e. The van der Waals surface area contributed by atoms with Gasteiger partial charge in [0, 0.05) is 18.5 Å². The molecule has 0 radical (unpaired) electrons. The lowest BCUT2D eigenvalue weighted by Gasteiger charge is -2.55. The summed E-state index contributed by atoms with van der Waals surface area (Å²) in [5, 5.41) is 3.17. The van der Waals surface area contributed by atoms with Gasteiger partial charge in [-0.3, -0.25) is 14.5 Å². The van der Waals surface area contributed by atoms with Crippen molar-refractivity contribution in [3.8, 4) is 0 Å². The first kappa shape index (κ1) is 16.3. The third kappa shape index (κ3) is 2.94. The van der Waals surface area contributed by atoms with Crippen LogP contribution in [0.1, 0.15) is 39.0 Å². The molecule has 1 spiro atoms. The molecule has 2 saturated carbocycles. The Labute approximate surface area is 143 Å². The van der Waals surface area contributed by atoms with Gasteiger partial charge in [0.15, 0.2) is 0 Å². The van der Waals surface area contributed by atoms with Crippen molar-refractivity contribution in [3.63, 3.8) is 0 Å². The molecule has 24 heavy (non-hydrogen) atoms. The summed E-state index contributed by atoms with van der Waals surface area (Å²) in [7, 11) is 2.00. The zero-order chi connectivity index (χ0) is 16.9. The highest BCUT2D eigenvalue weighted by Crippen LogP contribution is 2.42. The predicted octanol–water partition coefficient (Wildman–Crippen LogP) is 0.613. The minimum absolute atomic E-state index is 0.0957. The lowest BCUT2D eigenvalue weighted by molar-refractivity contribution is -0.202. The number of hydrogen-bond donors (Lipinski definition) is 1. The van der Waals surface area contributed by atoms with E-state index in [-0.39, 0.29) is 23.5 Å². The lowest BCUT2D eigenvalue weighted by atomic mass is 9.90. The average molecular weight is 335 g/mol. The zero-order valence-electron chi connectivity index (χ0n) is 14.8. The zero-order valence-corrected chi connectivity index (χ0v) is 14.8. The van der Waals surface area contributed by atoms with E-state index in [1.54, 1.807) is 0 Å². The van der Waals surface area contributed by atoms with Crippen molar-refractivity contribution >= 4 is 11.8 Å². The summed E-state index contributed by atoms with van der Waals surface area (Å²) in [4.78, 5) is 28.8. The highest BCUT2D eigenvalue weighted by molar-refractivity contribution is 5.83. The van der Waals surface area contributed by atoms with E-state index in [0.29, 0.717) is 37.6 Å². The van der Waals surface area contributed by atoms with Gasteiger partial charge in [-0.2, -0.15) is 0 Å². The normalized spacial score (nSPS) is 35.8. The summed E-state index contributed by atoms with van der Waals surface area (Å²) >= 11 is 0. The molecule has 1 N–H and O–H groups in total. The first-order valence-corrected chi connectivity index (χ1v) is 9.41. The first-order chi connectivity index (χ1) is 11.5. The molecular formula is C18H29N3O3. The summed E-state index contributed by atoms with van der Waals surface area (Å²) in [6, 6.07) is 0.142. The van der Waals surface area contributed by atoms with Gasteiger partial charge in [-0.15, -0.1) is 0 Å². The fraction of sp³-hybridized carbons (Fsp3) is 0.889. The van der Waals surface area contributed by atoms with Crippen LogP contribution < -0.4 is 5.32 Å². The van der Waals surface area contributed by atoms with Crippen LogP contribution in [0.15, 0.2) is 0 Å². The van der Waals surface area contributed by atoms with E-state index in [1.165, 1.54) is 12.8 Å². The second kappa shape index (κ2) is 5.99. The Balaban J connectivity index is 1.27. The minimum Gasteiger partial charge on any atom is -0.368 e. The molecule has 0 aromatic carbocycles. The van der Waals surface area contributed by atoms with Crippen molar-refractivity contribution in [2.24, 2.45) is 11.8 Å². The number of carbonyl (C=O) groups is 2. The number of carbonyl (C=O) groups excluding carboxylic acids is 2. The Bertz CT molecular complexity index is 526. The SMILES string of the molecule is C[C@@H]1C[C@H]1C(=O)N1CC2(C1)CN(C)[C@@H](C(=O)NC1CCCC1)CO2. The third-order valence-electron chi connectivity index (χ3n) is 6.32. The molecule has 134 valence electrons. The average Bonchev–Trinajstić information content (AvgIpc) is 3.02.